The summed E-state index contributed by atoms with van der Waals surface area (Å²) in [4.78, 5) is 20.7. The van der Waals surface area contributed by atoms with Crippen molar-refractivity contribution in [3.63, 3.8) is 0 Å². The Morgan fingerprint density at radius 1 is 0.914 bits per heavy atom. The number of morpholine rings is 1. The fraction of sp³-hybridized carbons (Fsp3) is 0.241. The van der Waals surface area contributed by atoms with Crippen LogP contribution in [0.3, 0.4) is 0 Å². The van der Waals surface area contributed by atoms with E-state index in [4.69, 9.17) is 19.2 Å². The second-order valence-electron chi connectivity index (χ2n) is 8.70. The molecule has 0 aliphatic carbocycles. The van der Waals surface area contributed by atoms with Crippen LogP contribution in [-0.2, 0) is 4.74 Å². The molecule has 35 heavy (non-hydrogen) atoms. The topological polar surface area (TPSA) is 60.9 Å². The molecule has 2 atom stereocenters. The van der Waals surface area contributed by atoms with Crippen LogP contribution in [0.1, 0.15) is 28.9 Å². The van der Waals surface area contributed by atoms with Gasteiger partial charge in [0.2, 0.25) is 0 Å². The van der Waals surface area contributed by atoms with E-state index in [-0.39, 0.29) is 18.1 Å². The number of fused-ring (bicyclic) bond motifs is 1. The molecule has 1 aliphatic heterocycles. The minimum absolute atomic E-state index is 0.0265. The van der Waals surface area contributed by atoms with Crippen molar-refractivity contribution in [2.24, 2.45) is 0 Å². The summed E-state index contributed by atoms with van der Waals surface area (Å²) < 4.78 is 17.0. The molecule has 2 unspecified atom stereocenters. The van der Waals surface area contributed by atoms with Crippen LogP contribution in [0, 0.1) is 0 Å². The third kappa shape index (κ3) is 4.57. The van der Waals surface area contributed by atoms with Gasteiger partial charge in [-0.15, -0.1) is 0 Å². The molecule has 5 rings (SSSR count). The maximum atomic E-state index is 13.9. The number of carbonyl (C=O) groups excluding carboxylic acids is 1. The number of pyridine rings is 1. The van der Waals surface area contributed by atoms with Gasteiger partial charge in [0, 0.05) is 17.5 Å². The first-order valence-corrected chi connectivity index (χ1v) is 11.7. The maximum Gasteiger partial charge on any atom is 0.254 e. The number of carbonyl (C=O) groups is 1. The van der Waals surface area contributed by atoms with Crippen molar-refractivity contribution in [1.82, 2.24) is 9.88 Å². The van der Waals surface area contributed by atoms with Crippen LogP contribution < -0.4 is 9.47 Å². The molecule has 6 heteroatoms. The number of para-hydroxylation sites is 1. The number of ether oxygens (including phenoxy) is 3. The molecule has 0 N–H and O–H groups in total. The minimum Gasteiger partial charge on any atom is -0.493 e. The minimum atomic E-state index is -0.165. The lowest BCUT2D eigenvalue weighted by atomic mass is 10.0. The van der Waals surface area contributed by atoms with Crippen LogP contribution in [0.15, 0.2) is 78.9 Å². The smallest absolute Gasteiger partial charge is 0.254 e. The van der Waals surface area contributed by atoms with E-state index in [1.807, 2.05) is 90.7 Å². The van der Waals surface area contributed by atoms with Gasteiger partial charge in [0.15, 0.2) is 11.5 Å². The van der Waals surface area contributed by atoms with Crippen LogP contribution in [-0.4, -0.2) is 49.2 Å². The Hall–Kier alpha value is -3.90. The third-order valence-corrected chi connectivity index (χ3v) is 6.34. The van der Waals surface area contributed by atoms with E-state index in [9.17, 15) is 4.79 Å². The summed E-state index contributed by atoms with van der Waals surface area (Å²) in [6, 6.07) is 25.4. The molecule has 6 nitrogen and oxygen atoms in total. The van der Waals surface area contributed by atoms with E-state index in [2.05, 4.69) is 0 Å². The first-order chi connectivity index (χ1) is 17.1. The summed E-state index contributed by atoms with van der Waals surface area (Å²) in [5.74, 6) is 1.23. The van der Waals surface area contributed by atoms with E-state index >= 15 is 0 Å². The largest absolute Gasteiger partial charge is 0.493 e. The highest BCUT2D eigenvalue weighted by Gasteiger charge is 2.31. The first kappa shape index (κ1) is 22.9. The summed E-state index contributed by atoms with van der Waals surface area (Å²) in [7, 11) is 3.21. The molecule has 0 bridgehead atoms. The molecular weight excluding hydrogens is 440 g/mol. The zero-order chi connectivity index (χ0) is 24.4. The van der Waals surface area contributed by atoms with E-state index in [1.54, 1.807) is 14.2 Å². The number of nitrogens with zero attached hydrogens (tertiary/aromatic N) is 2. The van der Waals surface area contributed by atoms with Crippen LogP contribution >= 0.6 is 0 Å². The van der Waals surface area contributed by atoms with E-state index in [1.165, 1.54) is 0 Å². The molecule has 178 valence electrons. The van der Waals surface area contributed by atoms with Crippen molar-refractivity contribution >= 4 is 16.8 Å². The van der Waals surface area contributed by atoms with Crippen LogP contribution in [0.25, 0.3) is 22.2 Å². The highest BCUT2D eigenvalue weighted by atomic mass is 16.5. The summed E-state index contributed by atoms with van der Waals surface area (Å²) in [5.41, 5.74) is 4.02. The third-order valence-electron chi connectivity index (χ3n) is 6.34. The van der Waals surface area contributed by atoms with Gasteiger partial charge in [-0.05, 0) is 42.8 Å². The van der Waals surface area contributed by atoms with Crippen LogP contribution in [0.4, 0.5) is 0 Å². The number of amides is 1. The molecule has 1 aromatic heterocycles. The molecule has 2 heterocycles. The van der Waals surface area contributed by atoms with Crippen molar-refractivity contribution in [3.05, 3.63) is 90.0 Å². The Kier molecular flexibility index (Phi) is 6.38. The zero-order valence-electron chi connectivity index (χ0n) is 20.1. The maximum absolute atomic E-state index is 13.9. The van der Waals surface area contributed by atoms with Gasteiger partial charge in [0.05, 0.1) is 43.6 Å². The number of hydrogen-bond donors (Lipinski definition) is 0. The molecule has 0 spiro atoms. The average Bonchev–Trinajstić information content (AvgIpc) is 2.91. The second-order valence-corrected chi connectivity index (χ2v) is 8.70. The molecule has 0 saturated carbocycles. The monoisotopic (exact) mass is 468 g/mol. The summed E-state index contributed by atoms with van der Waals surface area (Å²) in [6.45, 7) is 3.04. The second kappa shape index (κ2) is 9.76. The Labute approximate surface area is 205 Å². The Balaban J connectivity index is 1.55. The van der Waals surface area contributed by atoms with Gasteiger partial charge >= 0.3 is 0 Å². The summed E-state index contributed by atoms with van der Waals surface area (Å²) in [6.07, 6.45) is -0.237. The van der Waals surface area contributed by atoms with E-state index in [0.29, 0.717) is 35.8 Å². The van der Waals surface area contributed by atoms with Crippen molar-refractivity contribution in [1.29, 1.82) is 0 Å². The quantitative estimate of drug-likeness (QED) is 0.386. The van der Waals surface area contributed by atoms with E-state index in [0.717, 1.165) is 22.0 Å². The van der Waals surface area contributed by atoms with Gasteiger partial charge in [-0.1, -0.05) is 48.5 Å². The van der Waals surface area contributed by atoms with Crippen molar-refractivity contribution in [2.45, 2.75) is 19.1 Å². The molecular formula is C29H28N2O4. The van der Waals surface area contributed by atoms with Gasteiger partial charge < -0.3 is 19.1 Å². The molecule has 1 amide bonds. The standard InChI is InChI=1S/C29H28N2O4/c1-19-17-31(18-28(35-19)20-9-5-4-6-10-20)29(32)23-16-25(30-24-12-8-7-11-22(23)24)21-13-14-26(33-2)27(15-21)34-3/h4-16,19,28H,17-18H2,1-3H3. The van der Waals surface area contributed by atoms with Crippen LogP contribution in [0.2, 0.25) is 0 Å². The number of methoxy groups -OCH3 is 2. The Morgan fingerprint density at radius 3 is 2.43 bits per heavy atom. The molecule has 1 saturated heterocycles. The average molecular weight is 469 g/mol. The zero-order valence-corrected chi connectivity index (χ0v) is 20.1. The lowest BCUT2D eigenvalue weighted by molar-refractivity contribution is -0.0691. The first-order valence-electron chi connectivity index (χ1n) is 11.7. The van der Waals surface area contributed by atoms with Crippen molar-refractivity contribution in [3.8, 4) is 22.8 Å². The normalized spacial score (nSPS) is 17.9. The molecule has 1 aliphatic rings. The molecule has 1 fully saturated rings. The van der Waals surface area contributed by atoms with Gasteiger partial charge in [-0.25, -0.2) is 4.98 Å². The lowest BCUT2D eigenvalue weighted by Crippen LogP contribution is -2.46. The molecule has 3 aromatic carbocycles. The number of hydrogen-bond acceptors (Lipinski definition) is 5. The van der Waals surface area contributed by atoms with Gasteiger partial charge in [-0.3, -0.25) is 4.79 Å². The fourth-order valence-electron chi connectivity index (χ4n) is 4.64. The van der Waals surface area contributed by atoms with E-state index < -0.39 is 0 Å². The number of rotatable bonds is 5. The van der Waals surface area contributed by atoms with Gasteiger partial charge in [0.1, 0.15) is 6.10 Å². The number of aromatic nitrogens is 1. The highest BCUT2D eigenvalue weighted by molar-refractivity contribution is 6.07. The Morgan fingerprint density at radius 2 is 1.66 bits per heavy atom. The van der Waals surface area contributed by atoms with Gasteiger partial charge in [0.25, 0.3) is 5.91 Å². The predicted octanol–water partition coefficient (Wildman–Crippen LogP) is 5.52. The summed E-state index contributed by atoms with van der Waals surface area (Å²) >= 11 is 0. The Bertz CT molecular complexity index is 1360. The summed E-state index contributed by atoms with van der Waals surface area (Å²) in [5, 5.41) is 0.831. The van der Waals surface area contributed by atoms with Crippen LogP contribution in [0.5, 0.6) is 11.5 Å². The fourth-order valence-corrected chi connectivity index (χ4v) is 4.64. The lowest BCUT2D eigenvalue weighted by Gasteiger charge is -2.37. The predicted molar refractivity (Wildman–Crippen MR) is 136 cm³/mol. The molecule has 0 radical (unpaired) electrons. The van der Waals surface area contributed by atoms with Crippen molar-refractivity contribution < 1.29 is 19.0 Å². The molecule has 4 aromatic rings. The SMILES string of the molecule is COc1ccc(-c2cc(C(=O)N3CC(C)OC(c4ccccc4)C3)c3ccccc3n2)cc1OC. The van der Waals surface area contributed by atoms with Crippen molar-refractivity contribution in [2.75, 3.05) is 27.3 Å². The number of benzene rings is 3. The van der Waals surface area contributed by atoms with Gasteiger partial charge in [-0.2, -0.15) is 0 Å². The highest BCUT2D eigenvalue weighted by Crippen LogP contribution is 2.34.